The van der Waals surface area contributed by atoms with Crippen molar-refractivity contribution in [2.45, 2.75) is 25.3 Å². The molecule has 1 aromatic carbocycles. The van der Waals surface area contributed by atoms with Gasteiger partial charge in [-0.3, -0.25) is 4.68 Å². The van der Waals surface area contributed by atoms with Gasteiger partial charge in [0.2, 0.25) is 0 Å². The molecule has 0 radical (unpaired) electrons. The van der Waals surface area contributed by atoms with E-state index in [-0.39, 0.29) is 0 Å². The lowest BCUT2D eigenvalue weighted by Crippen LogP contribution is -2.13. The molecular formula is C19H18N6S. The van der Waals surface area contributed by atoms with Crippen molar-refractivity contribution in [1.29, 1.82) is 0 Å². The molecule has 1 fully saturated rings. The molecule has 1 aliphatic rings. The predicted octanol–water partition coefficient (Wildman–Crippen LogP) is 3.94. The average Bonchev–Trinajstić information content (AvgIpc) is 3.23. The number of benzene rings is 1. The van der Waals surface area contributed by atoms with Crippen molar-refractivity contribution in [2.75, 3.05) is 11.9 Å². The Balaban J connectivity index is 1.53. The number of hydrogen-bond acceptors (Lipinski definition) is 6. The summed E-state index contributed by atoms with van der Waals surface area (Å²) < 4.78 is 1.82. The van der Waals surface area contributed by atoms with Crippen LogP contribution in [0.4, 0.5) is 5.82 Å². The lowest BCUT2D eigenvalue weighted by Gasteiger charge is -2.10. The van der Waals surface area contributed by atoms with Crippen LogP contribution in [0, 0.1) is 0 Å². The van der Waals surface area contributed by atoms with Crippen LogP contribution in [0.2, 0.25) is 0 Å². The number of fused-ring (bicyclic) bond motifs is 1. The van der Waals surface area contributed by atoms with Gasteiger partial charge >= 0.3 is 0 Å². The van der Waals surface area contributed by atoms with Crippen LogP contribution in [0.15, 0.2) is 48.1 Å². The first-order valence-corrected chi connectivity index (χ1v) is 9.69. The number of hydrogen-bond donors (Lipinski definition) is 1. The molecule has 0 atom stereocenters. The standard InChI is InChI=1S/C19H18N6S/c1-2-4-13(5-3-1)15-12-26-19-16(15)18(22-17(23-19)14-6-7-14)20-8-10-25-11-9-21-24-25/h1-5,9,11-12,14H,6-8,10H2,(H,20,22,23). The molecule has 5 rings (SSSR count). The highest BCUT2D eigenvalue weighted by atomic mass is 32.1. The minimum atomic E-state index is 0.526. The van der Waals surface area contributed by atoms with Crippen molar-refractivity contribution in [1.82, 2.24) is 25.0 Å². The van der Waals surface area contributed by atoms with Crippen molar-refractivity contribution in [2.24, 2.45) is 0 Å². The molecule has 7 heteroatoms. The summed E-state index contributed by atoms with van der Waals surface area (Å²) in [6, 6.07) is 10.4. The summed E-state index contributed by atoms with van der Waals surface area (Å²) >= 11 is 1.69. The number of nitrogens with one attached hydrogen (secondary N) is 1. The van der Waals surface area contributed by atoms with Crippen molar-refractivity contribution in [3.8, 4) is 11.1 Å². The van der Waals surface area contributed by atoms with E-state index in [0.717, 1.165) is 34.9 Å². The second kappa shape index (κ2) is 6.49. The molecule has 0 aliphatic heterocycles. The van der Waals surface area contributed by atoms with Gasteiger partial charge in [0.05, 0.1) is 18.1 Å². The van der Waals surface area contributed by atoms with Crippen molar-refractivity contribution >= 4 is 27.4 Å². The predicted molar refractivity (Wildman–Crippen MR) is 103 cm³/mol. The molecule has 4 aromatic rings. The molecule has 3 heterocycles. The van der Waals surface area contributed by atoms with Crippen LogP contribution >= 0.6 is 11.3 Å². The van der Waals surface area contributed by atoms with Crippen LogP contribution in [-0.4, -0.2) is 31.5 Å². The quantitative estimate of drug-likeness (QED) is 0.563. The van der Waals surface area contributed by atoms with E-state index >= 15 is 0 Å². The zero-order chi connectivity index (χ0) is 17.3. The summed E-state index contributed by atoms with van der Waals surface area (Å²) in [5.41, 5.74) is 2.39. The molecule has 3 aromatic heterocycles. The van der Waals surface area contributed by atoms with E-state index in [2.05, 4.69) is 45.3 Å². The fraction of sp³-hybridized carbons (Fsp3) is 0.263. The summed E-state index contributed by atoms with van der Waals surface area (Å²) in [4.78, 5) is 10.8. The SMILES string of the molecule is c1ccc(-c2csc3nc(C4CC4)nc(NCCn4ccnn4)c23)cc1. The van der Waals surface area contributed by atoms with E-state index < -0.39 is 0 Å². The maximum atomic E-state index is 4.88. The third kappa shape index (κ3) is 2.94. The normalized spacial score (nSPS) is 14.0. The number of rotatable bonds is 6. The first-order valence-electron chi connectivity index (χ1n) is 8.81. The Morgan fingerprint density at radius 1 is 1.15 bits per heavy atom. The molecule has 0 amide bonds. The summed E-state index contributed by atoms with van der Waals surface area (Å²) in [5.74, 6) is 2.43. The van der Waals surface area contributed by atoms with Gasteiger partial charge in [-0.15, -0.1) is 16.4 Å². The van der Waals surface area contributed by atoms with Crippen molar-refractivity contribution < 1.29 is 0 Å². The molecular weight excluding hydrogens is 344 g/mol. The smallest absolute Gasteiger partial charge is 0.139 e. The van der Waals surface area contributed by atoms with Crippen molar-refractivity contribution in [3.05, 3.63) is 53.9 Å². The average molecular weight is 362 g/mol. The van der Waals surface area contributed by atoms with Gasteiger partial charge in [0.25, 0.3) is 0 Å². The molecule has 1 N–H and O–H groups in total. The third-order valence-corrected chi connectivity index (χ3v) is 5.46. The van der Waals surface area contributed by atoms with Gasteiger partial charge in [0.15, 0.2) is 0 Å². The maximum absolute atomic E-state index is 4.88. The van der Waals surface area contributed by atoms with Gasteiger partial charge in [-0.25, -0.2) is 9.97 Å². The van der Waals surface area contributed by atoms with E-state index in [1.807, 2.05) is 16.9 Å². The highest BCUT2D eigenvalue weighted by molar-refractivity contribution is 7.17. The zero-order valence-corrected chi connectivity index (χ0v) is 15.0. The topological polar surface area (TPSA) is 68.5 Å². The van der Waals surface area contributed by atoms with E-state index in [0.29, 0.717) is 5.92 Å². The largest absolute Gasteiger partial charge is 0.368 e. The number of nitrogens with zero attached hydrogens (tertiary/aromatic N) is 5. The number of aromatic nitrogens is 5. The van der Waals surface area contributed by atoms with Crippen LogP contribution < -0.4 is 5.32 Å². The van der Waals surface area contributed by atoms with E-state index in [4.69, 9.17) is 9.97 Å². The van der Waals surface area contributed by atoms with Gasteiger partial charge in [-0.1, -0.05) is 35.5 Å². The second-order valence-electron chi connectivity index (χ2n) is 6.49. The van der Waals surface area contributed by atoms with Gasteiger partial charge in [0.1, 0.15) is 16.5 Å². The van der Waals surface area contributed by atoms with E-state index in [1.54, 1.807) is 17.5 Å². The molecule has 26 heavy (non-hydrogen) atoms. The first kappa shape index (κ1) is 15.5. The van der Waals surface area contributed by atoms with Crippen LogP contribution in [0.5, 0.6) is 0 Å². The molecule has 1 aliphatic carbocycles. The van der Waals surface area contributed by atoms with Gasteiger partial charge in [-0.05, 0) is 18.4 Å². The third-order valence-electron chi connectivity index (χ3n) is 4.58. The minimum Gasteiger partial charge on any atom is -0.368 e. The Kier molecular flexibility index (Phi) is 3.86. The monoisotopic (exact) mass is 362 g/mol. The second-order valence-corrected chi connectivity index (χ2v) is 7.35. The fourth-order valence-corrected chi connectivity index (χ4v) is 4.04. The van der Waals surface area contributed by atoms with Crippen molar-refractivity contribution in [3.63, 3.8) is 0 Å². The molecule has 1 saturated carbocycles. The molecule has 130 valence electrons. The fourth-order valence-electron chi connectivity index (χ4n) is 3.08. The number of thiophene rings is 1. The highest BCUT2D eigenvalue weighted by Crippen LogP contribution is 2.42. The molecule has 0 saturated heterocycles. The zero-order valence-electron chi connectivity index (χ0n) is 14.2. The first-order chi connectivity index (χ1) is 12.9. The summed E-state index contributed by atoms with van der Waals surface area (Å²) in [7, 11) is 0. The van der Waals surface area contributed by atoms with Gasteiger partial charge in [0, 0.05) is 29.6 Å². The van der Waals surface area contributed by atoms with E-state index in [1.165, 1.54) is 24.0 Å². The summed E-state index contributed by atoms with van der Waals surface area (Å²) in [6.07, 6.45) is 5.95. The lowest BCUT2D eigenvalue weighted by atomic mass is 10.1. The maximum Gasteiger partial charge on any atom is 0.139 e. The molecule has 0 spiro atoms. The Hall–Kier alpha value is -2.80. The van der Waals surface area contributed by atoms with Crippen LogP contribution in [0.25, 0.3) is 21.3 Å². The lowest BCUT2D eigenvalue weighted by molar-refractivity contribution is 0.608. The van der Waals surface area contributed by atoms with Gasteiger partial charge < -0.3 is 5.32 Å². The number of anilines is 1. The van der Waals surface area contributed by atoms with Crippen LogP contribution in [0.1, 0.15) is 24.6 Å². The summed E-state index contributed by atoms with van der Waals surface area (Å²) in [5, 5.41) is 14.7. The molecule has 6 nitrogen and oxygen atoms in total. The highest BCUT2D eigenvalue weighted by Gasteiger charge is 2.28. The van der Waals surface area contributed by atoms with Crippen LogP contribution in [-0.2, 0) is 6.54 Å². The molecule has 0 unspecified atom stereocenters. The van der Waals surface area contributed by atoms with Gasteiger partial charge in [-0.2, -0.15) is 0 Å². The Morgan fingerprint density at radius 3 is 2.81 bits per heavy atom. The minimum absolute atomic E-state index is 0.526. The van der Waals surface area contributed by atoms with Crippen LogP contribution in [0.3, 0.4) is 0 Å². The Bertz CT molecular complexity index is 1020. The van der Waals surface area contributed by atoms with E-state index in [9.17, 15) is 0 Å². The Morgan fingerprint density at radius 2 is 2.04 bits per heavy atom. The molecule has 0 bridgehead atoms. The Labute approximate surface area is 154 Å². The summed E-state index contributed by atoms with van der Waals surface area (Å²) in [6.45, 7) is 1.48.